The maximum absolute atomic E-state index is 12.6. The van der Waals surface area contributed by atoms with Crippen LogP contribution in [0.25, 0.3) is 0 Å². The summed E-state index contributed by atoms with van der Waals surface area (Å²) >= 11 is 0. The number of benzene rings is 1. The molecule has 2 rings (SSSR count). The molecule has 0 bridgehead atoms. The number of aryl methyl sites for hydroxylation is 1. The number of pyridine rings is 1. The van der Waals surface area contributed by atoms with E-state index < -0.39 is 18.4 Å². The van der Waals surface area contributed by atoms with Crippen LogP contribution in [0.15, 0.2) is 36.5 Å². The number of carboxylic acids is 1. The number of hydrogen-bond acceptors (Lipinski definition) is 5. The van der Waals surface area contributed by atoms with E-state index in [1.165, 1.54) is 69.9 Å². The quantitative estimate of drug-likeness (QED) is 0.321. The predicted octanol–water partition coefficient (Wildman–Crippen LogP) is 4.84. The molecular formula is C26H35N3O5. The van der Waals surface area contributed by atoms with Gasteiger partial charge in [-0.25, -0.2) is 4.98 Å². The van der Waals surface area contributed by atoms with Gasteiger partial charge < -0.3 is 20.5 Å². The highest BCUT2D eigenvalue weighted by atomic mass is 16.5. The highest BCUT2D eigenvalue weighted by Gasteiger charge is 2.18. The van der Waals surface area contributed by atoms with E-state index in [0.717, 1.165) is 12.8 Å². The minimum atomic E-state index is -1.17. The van der Waals surface area contributed by atoms with Gasteiger partial charge in [0.05, 0.1) is 12.7 Å². The Bertz CT molecular complexity index is 944. The van der Waals surface area contributed by atoms with Gasteiger partial charge in [0.15, 0.2) is 11.4 Å². The number of nitrogens with zero attached hydrogens (tertiary/aromatic N) is 1. The summed E-state index contributed by atoms with van der Waals surface area (Å²) in [6.07, 6.45) is 12.6. The summed E-state index contributed by atoms with van der Waals surface area (Å²) in [4.78, 5) is 39.3. The van der Waals surface area contributed by atoms with Crippen LogP contribution in [0.3, 0.4) is 0 Å². The van der Waals surface area contributed by atoms with Crippen molar-refractivity contribution in [3.8, 4) is 5.75 Å². The van der Waals surface area contributed by atoms with Gasteiger partial charge >= 0.3 is 5.97 Å². The van der Waals surface area contributed by atoms with Crippen molar-refractivity contribution >= 4 is 23.5 Å². The van der Waals surface area contributed by atoms with Crippen LogP contribution < -0.4 is 15.4 Å². The molecule has 0 saturated heterocycles. The van der Waals surface area contributed by atoms with Crippen LogP contribution in [0.5, 0.6) is 5.75 Å². The minimum Gasteiger partial charge on any atom is -0.494 e. The molecular weight excluding hydrogens is 434 g/mol. The van der Waals surface area contributed by atoms with E-state index in [0.29, 0.717) is 5.69 Å². The van der Waals surface area contributed by atoms with Gasteiger partial charge in [-0.05, 0) is 36.6 Å². The molecule has 0 unspecified atom stereocenters. The predicted molar refractivity (Wildman–Crippen MR) is 131 cm³/mol. The van der Waals surface area contributed by atoms with Gasteiger partial charge in [-0.15, -0.1) is 0 Å². The molecule has 3 N–H and O–H groups in total. The van der Waals surface area contributed by atoms with Crippen molar-refractivity contribution < 1.29 is 24.2 Å². The molecule has 2 amide bonds. The number of hydrogen-bond donors (Lipinski definition) is 3. The number of amides is 2. The lowest BCUT2D eigenvalue weighted by molar-refractivity contribution is -0.135. The molecule has 0 aliphatic heterocycles. The molecule has 0 spiro atoms. The van der Waals surface area contributed by atoms with E-state index in [-0.39, 0.29) is 22.9 Å². The Morgan fingerprint density at radius 3 is 2.21 bits per heavy atom. The smallest absolute Gasteiger partial charge is 0.322 e. The number of rotatable bonds is 15. The minimum absolute atomic E-state index is 0.0799. The number of carbonyl (C=O) groups excluding carboxylic acids is 2. The molecule has 1 aromatic heterocycles. The highest BCUT2D eigenvalue weighted by molar-refractivity contribution is 6.05. The zero-order valence-corrected chi connectivity index (χ0v) is 20.1. The van der Waals surface area contributed by atoms with Crippen molar-refractivity contribution in [2.45, 2.75) is 64.7 Å². The maximum atomic E-state index is 12.6. The monoisotopic (exact) mass is 469 g/mol. The second-order valence-electron chi connectivity index (χ2n) is 8.23. The van der Waals surface area contributed by atoms with Crippen LogP contribution in [0.4, 0.5) is 5.69 Å². The Morgan fingerprint density at radius 2 is 1.59 bits per heavy atom. The fraction of sp³-hybridized carbons (Fsp3) is 0.462. The van der Waals surface area contributed by atoms with E-state index >= 15 is 0 Å². The van der Waals surface area contributed by atoms with Gasteiger partial charge in [-0.3, -0.25) is 14.4 Å². The third-order valence-corrected chi connectivity index (χ3v) is 5.48. The molecule has 1 heterocycles. The topological polar surface area (TPSA) is 118 Å². The van der Waals surface area contributed by atoms with Crippen LogP contribution >= 0.6 is 0 Å². The largest absolute Gasteiger partial charge is 0.494 e. The summed E-state index contributed by atoms with van der Waals surface area (Å²) in [5.74, 6) is -2.18. The van der Waals surface area contributed by atoms with Crippen LogP contribution in [0, 0.1) is 0 Å². The van der Waals surface area contributed by atoms with Gasteiger partial charge in [-0.1, -0.05) is 64.0 Å². The Morgan fingerprint density at radius 1 is 0.941 bits per heavy atom. The zero-order chi connectivity index (χ0) is 24.8. The number of aromatic nitrogens is 1. The van der Waals surface area contributed by atoms with E-state index in [9.17, 15) is 14.4 Å². The summed E-state index contributed by atoms with van der Waals surface area (Å²) in [5, 5.41) is 13.7. The SMILES string of the molecule is CCCCCCCCCCc1ccc(NC(=O)c2cnc(C(=O)NCC(=O)O)c(OC)c2)cc1. The molecule has 0 aliphatic rings. The average Bonchev–Trinajstić information content (AvgIpc) is 2.84. The Hall–Kier alpha value is -3.42. The van der Waals surface area contributed by atoms with Crippen molar-refractivity contribution in [2.75, 3.05) is 19.0 Å². The first-order valence-corrected chi connectivity index (χ1v) is 11.9. The van der Waals surface area contributed by atoms with E-state index in [1.807, 2.05) is 24.3 Å². The fourth-order valence-corrected chi connectivity index (χ4v) is 3.56. The second-order valence-corrected chi connectivity index (χ2v) is 8.23. The molecule has 1 aromatic carbocycles. The Balaban J connectivity index is 1.84. The second kappa shape index (κ2) is 14.7. The average molecular weight is 470 g/mol. The van der Waals surface area contributed by atoms with E-state index in [2.05, 4.69) is 22.5 Å². The number of carbonyl (C=O) groups is 3. The highest BCUT2D eigenvalue weighted by Crippen LogP contribution is 2.19. The van der Waals surface area contributed by atoms with Crippen molar-refractivity contribution in [3.05, 3.63) is 53.3 Å². The van der Waals surface area contributed by atoms with Gasteiger partial charge in [-0.2, -0.15) is 0 Å². The standard InChI is InChI=1S/C26H35N3O5/c1-3-4-5-6-7-8-9-10-11-19-12-14-21(15-13-19)29-25(32)20-16-22(34-2)24(27-17-20)26(33)28-18-23(30)31/h12-17H,3-11,18H2,1-2H3,(H,28,33)(H,29,32)(H,30,31). The van der Waals surface area contributed by atoms with Crippen LogP contribution in [0.2, 0.25) is 0 Å². The lowest BCUT2D eigenvalue weighted by atomic mass is 10.0. The van der Waals surface area contributed by atoms with Crippen LogP contribution in [0.1, 0.15) is 84.7 Å². The number of aliphatic carboxylic acids is 1. The third-order valence-electron chi connectivity index (χ3n) is 5.48. The molecule has 0 fully saturated rings. The third kappa shape index (κ3) is 9.21. The first-order valence-electron chi connectivity index (χ1n) is 11.9. The number of ether oxygens (including phenoxy) is 1. The number of unbranched alkanes of at least 4 members (excludes halogenated alkanes) is 7. The first kappa shape index (κ1) is 26.8. The number of anilines is 1. The summed E-state index contributed by atoms with van der Waals surface area (Å²) in [5.41, 5.74) is 2.02. The zero-order valence-electron chi connectivity index (χ0n) is 20.1. The molecule has 8 heteroatoms. The Kier molecular flexibility index (Phi) is 11.6. The van der Waals surface area contributed by atoms with Gasteiger partial charge in [0.1, 0.15) is 6.54 Å². The fourth-order valence-electron chi connectivity index (χ4n) is 3.56. The summed E-state index contributed by atoms with van der Waals surface area (Å²) in [6.45, 7) is 1.69. The summed E-state index contributed by atoms with van der Waals surface area (Å²) in [6, 6.07) is 9.18. The first-order chi connectivity index (χ1) is 16.4. The summed E-state index contributed by atoms with van der Waals surface area (Å²) in [7, 11) is 1.35. The normalized spacial score (nSPS) is 10.5. The maximum Gasteiger partial charge on any atom is 0.322 e. The van der Waals surface area contributed by atoms with E-state index in [1.54, 1.807) is 0 Å². The molecule has 0 aliphatic carbocycles. The van der Waals surface area contributed by atoms with Gasteiger partial charge in [0.25, 0.3) is 11.8 Å². The number of nitrogens with one attached hydrogen (secondary N) is 2. The lowest BCUT2D eigenvalue weighted by Gasteiger charge is -2.10. The molecule has 8 nitrogen and oxygen atoms in total. The van der Waals surface area contributed by atoms with Crippen molar-refractivity contribution in [1.82, 2.24) is 10.3 Å². The molecule has 0 atom stereocenters. The lowest BCUT2D eigenvalue weighted by Crippen LogP contribution is -2.30. The number of methoxy groups -OCH3 is 1. The molecule has 0 radical (unpaired) electrons. The molecule has 0 saturated carbocycles. The van der Waals surface area contributed by atoms with E-state index in [4.69, 9.17) is 9.84 Å². The van der Waals surface area contributed by atoms with Gasteiger partial charge in [0, 0.05) is 11.9 Å². The van der Waals surface area contributed by atoms with Crippen molar-refractivity contribution in [1.29, 1.82) is 0 Å². The Labute approximate surface area is 201 Å². The molecule has 184 valence electrons. The van der Waals surface area contributed by atoms with Crippen LogP contribution in [-0.4, -0.2) is 41.5 Å². The number of carboxylic acid groups (broad SMARTS) is 1. The van der Waals surface area contributed by atoms with Crippen molar-refractivity contribution in [2.24, 2.45) is 0 Å². The van der Waals surface area contributed by atoms with Gasteiger partial charge in [0.2, 0.25) is 0 Å². The molecule has 2 aromatic rings. The summed E-state index contributed by atoms with van der Waals surface area (Å²) < 4.78 is 5.16. The van der Waals surface area contributed by atoms with Crippen LogP contribution in [-0.2, 0) is 11.2 Å². The molecule has 34 heavy (non-hydrogen) atoms. The van der Waals surface area contributed by atoms with Crippen molar-refractivity contribution in [3.63, 3.8) is 0 Å².